The Bertz CT molecular complexity index is 203. The fourth-order valence-corrected chi connectivity index (χ4v) is 2.85. The predicted octanol–water partition coefficient (Wildman–Crippen LogP) is 1.51. The molecule has 3 nitrogen and oxygen atoms in total. The summed E-state index contributed by atoms with van der Waals surface area (Å²) in [5, 5.41) is 0. The van der Waals surface area contributed by atoms with E-state index in [0.29, 0.717) is 0 Å². The molecule has 1 rings (SSSR count). The summed E-state index contributed by atoms with van der Waals surface area (Å²) in [5.41, 5.74) is 0. The molecule has 0 aromatic rings. The highest BCUT2D eigenvalue weighted by Crippen LogP contribution is 2.12. The molecule has 108 valence electrons. The molecule has 1 unspecified atom stereocenters. The van der Waals surface area contributed by atoms with Crippen LogP contribution >= 0.6 is 12.6 Å². The van der Waals surface area contributed by atoms with Gasteiger partial charge in [-0.2, -0.15) is 12.6 Å². The molecule has 1 fully saturated rings. The van der Waals surface area contributed by atoms with Gasteiger partial charge in [0.15, 0.2) is 0 Å². The van der Waals surface area contributed by atoms with Crippen LogP contribution in [0.5, 0.6) is 0 Å². The maximum absolute atomic E-state index is 4.48. The van der Waals surface area contributed by atoms with E-state index >= 15 is 0 Å². The molecule has 0 N–H and O–H groups in total. The van der Waals surface area contributed by atoms with E-state index < -0.39 is 0 Å². The van der Waals surface area contributed by atoms with Gasteiger partial charge in [-0.25, -0.2) is 0 Å². The minimum atomic E-state index is 0.784. The Kier molecular flexibility index (Phi) is 8.31. The van der Waals surface area contributed by atoms with Crippen LogP contribution in [-0.2, 0) is 0 Å². The van der Waals surface area contributed by atoms with Gasteiger partial charge in [0.2, 0.25) is 0 Å². The van der Waals surface area contributed by atoms with Crippen LogP contribution < -0.4 is 0 Å². The summed E-state index contributed by atoms with van der Waals surface area (Å²) >= 11 is 4.48. The van der Waals surface area contributed by atoms with Crippen molar-refractivity contribution in [3.05, 3.63) is 0 Å². The van der Waals surface area contributed by atoms with Crippen molar-refractivity contribution in [1.29, 1.82) is 0 Å². The van der Waals surface area contributed by atoms with Crippen LogP contribution in [0, 0.1) is 5.92 Å². The number of thiol groups is 1. The van der Waals surface area contributed by atoms with Crippen LogP contribution in [0.4, 0.5) is 0 Å². The molecule has 1 aliphatic heterocycles. The van der Waals surface area contributed by atoms with Gasteiger partial charge in [0.05, 0.1) is 0 Å². The summed E-state index contributed by atoms with van der Waals surface area (Å²) in [4.78, 5) is 7.49. The minimum absolute atomic E-state index is 0.784. The maximum atomic E-state index is 4.48. The van der Waals surface area contributed by atoms with Crippen molar-refractivity contribution in [2.24, 2.45) is 5.92 Å². The van der Waals surface area contributed by atoms with Crippen LogP contribution in [0.25, 0.3) is 0 Å². The molecule has 0 bridgehead atoms. The second-order valence-electron chi connectivity index (χ2n) is 5.78. The largest absolute Gasteiger partial charge is 0.308 e. The molecule has 1 heterocycles. The Morgan fingerprint density at radius 1 is 1.11 bits per heavy atom. The Morgan fingerprint density at radius 3 is 2.22 bits per heavy atom. The smallest absolute Gasteiger partial charge is 0.0110 e. The van der Waals surface area contributed by atoms with Crippen LogP contribution in [-0.4, -0.2) is 80.4 Å². The molecule has 0 saturated carbocycles. The molecule has 0 radical (unpaired) electrons. The van der Waals surface area contributed by atoms with E-state index in [9.17, 15) is 0 Å². The Labute approximate surface area is 119 Å². The van der Waals surface area contributed by atoms with Crippen LogP contribution in [0.15, 0.2) is 0 Å². The van der Waals surface area contributed by atoms with Crippen molar-refractivity contribution < 1.29 is 0 Å². The van der Waals surface area contributed by atoms with E-state index in [1.54, 1.807) is 0 Å². The van der Waals surface area contributed by atoms with Gasteiger partial charge in [-0.05, 0) is 32.2 Å². The van der Waals surface area contributed by atoms with Gasteiger partial charge in [-0.1, -0.05) is 13.3 Å². The standard InChI is InChI=1S/C14H31N3S/c1-4-5-14(13-18)12-17-10-8-16(9-11-17)7-6-15(2)3/h14,18H,4-13H2,1-3H3. The van der Waals surface area contributed by atoms with Gasteiger partial charge in [0.1, 0.15) is 0 Å². The Morgan fingerprint density at radius 2 is 1.72 bits per heavy atom. The van der Waals surface area contributed by atoms with E-state index in [1.165, 1.54) is 58.7 Å². The van der Waals surface area contributed by atoms with E-state index in [4.69, 9.17) is 0 Å². The zero-order valence-corrected chi connectivity index (χ0v) is 13.3. The van der Waals surface area contributed by atoms with E-state index in [-0.39, 0.29) is 0 Å². The van der Waals surface area contributed by atoms with Crippen molar-refractivity contribution in [2.45, 2.75) is 19.8 Å². The number of rotatable bonds is 8. The Balaban J connectivity index is 2.18. The molecule has 4 heteroatoms. The van der Waals surface area contributed by atoms with E-state index in [0.717, 1.165) is 11.7 Å². The molecular formula is C14H31N3S. The number of likely N-dealkylation sites (N-methyl/N-ethyl adjacent to an activating group) is 1. The lowest BCUT2D eigenvalue weighted by molar-refractivity contribution is 0.113. The molecule has 1 atom stereocenters. The highest BCUT2D eigenvalue weighted by atomic mass is 32.1. The third-order valence-corrected chi connectivity index (χ3v) is 4.32. The van der Waals surface area contributed by atoms with Gasteiger partial charge in [-0.3, -0.25) is 4.90 Å². The third-order valence-electron chi connectivity index (χ3n) is 3.80. The quantitative estimate of drug-likeness (QED) is 0.672. The first-order chi connectivity index (χ1) is 8.65. The van der Waals surface area contributed by atoms with Crippen molar-refractivity contribution in [1.82, 2.24) is 14.7 Å². The van der Waals surface area contributed by atoms with Gasteiger partial charge in [-0.15, -0.1) is 0 Å². The summed E-state index contributed by atoms with van der Waals surface area (Å²) in [6.45, 7) is 10.9. The zero-order valence-electron chi connectivity index (χ0n) is 12.4. The molecular weight excluding hydrogens is 242 g/mol. The molecule has 1 aliphatic rings. The minimum Gasteiger partial charge on any atom is -0.308 e. The molecule has 0 amide bonds. The summed E-state index contributed by atoms with van der Waals surface area (Å²) < 4.78 is 0. The fraction of sp³-hybridized carbons (Fsp3) is 1.00. The van der Waals surface area contributed by atoms with Gasteiger partial charge >= 0.3 is 0 Å². The number of nitrogens with zero attached hydrogens (tertiary/aromatic N) is 3. The number of hydrogen-bond acceptors (Lipinski definition) is 4. The first-order valence-corrected chi connectivity index (χ1v) is 7.99. The summed E-state index contributed by atoms with van der Waals surface area (Å²) in [6.07, 6.45) is 2.61. The fourth-order valence-electron chi connectivity index (χ4n) is 2.55. The molecule has 18 heavy (non-hydrogen) atoms. The zero-order chi connectivity index (χ0) is 13.4. The Hall–Kier alpha value is 0.230. The predicted molar refractivity (Wildman–Crippen MR) is 83.7 cm³/mol. The maximum Gasteiger partial charge on any atom is 0.0110 e. The lowest BCUT2D eigenvalue weighted by Gasteiger charge is -2.36. The van der Waals surface area contributed by atoms with Crippen molar-refractivity contribution >= 4 is 12.6 Å². The van der Waals surface area contributed by atoms with Crippen molar-refractivity contribution in [3.8, 4) is 0 Å². The molecule has 0 spiro atoms. The lowest BCUT2D eigenvalue weighted by atomic mass is 10.1. The first kappa shape index (κ1) is 16.3. The third kappa shape index (κ3) is 6.41. The highest BCUT2D eigenvalue weighted by Gasteiger charge is 2.19. The van der Waals surface area contributed by atoms with Crippen molar-refractivity contribution in [2.75, 3.05) is 65.7 Å². The first-order valence-electron chi connectivity index (χ1n) is 7.36. The SMILES string of the molecule is CCCC(CS)CN1CCN(CCN(C)C)CC1. The van der Waals surface area contributed by atoms with Crippen LogP contribution in [0.3, 0.4) is 0 Å². The van der Waals surface area contributed by atoms with Crippen LogP contribution in [0.2, 0.25) is 0 Å². The second kappa shape index (κ2) is 9.18. The average molecular weight is 273 g/mol. The van der Waals surface area contributed by atoms with E-state index in [2.05, 4.69) is 48.3 Å². The second-order valence-corrected chi connectivity index (χ2v) is 6.15. The summed E-state index contributed by atoms with van der Waals surface area (Å²) in [7, 11) is 4.30. The van der Waals surface area contributed by atoms with Crippen LogP contribution in [0.1, 0.15) is 19.8 Å². The lowest BCUT2D eigenvalue weighted by Crippen LogP contribution is -2.49. The molecule has 0 aromatic carbocycles. The van der Waals surface area contributed by atoms with E-state index in [1.807, 2.05) is 0 Å². The van der Waals surface area contributed by atoms with Gasteiger partial charge < -0.3 is 9.80 Å². The van der Waals surface area contributed by atoms with Gasteiger partial charge in [0, 0.05) is 45.8 Å². The summed E-state index contributed by atoms with van der Waals surface area (Å²) in [5.74, 6) is 1.82. The normalized spacial score (nSPS) is 20.5. The molecule has 0 aliphatic carbocycles. The molecule has 0 aromatic heterocycles. The highest BCUT2D eigenvalue weighted by molar-refractivity contribution is 7.80. The number of hydrogen-bond donors (Lipinski definition) is 1. The molecule has 1 saturated heterocycles. The monoisotopic (exact) mass is 273 g/mol. The average Bonchev–Trinajstić information content (AvgIpc) is 2.37. The summed E-state index contributed by atoms with van der Waals surface area (Å²) in [6, 6.07) is 0. The van der Waals surface area contributed by atoms with Gasteiger partial charge in [0.25, 0.3) is 0 Å². The van der Waals surface area contributed by atoms with Crippen molar-refractivity contribution in [3.63, 3.8) is 0 Å². The topological polar surface area (TPSA) is 9.72 Å². The number of piperazine rings is 1.